The predicted octanol–water partition coefficient (Wildman–Crippen LogP) is 5.74. The highest BCUT2D eigenvalue weighted by Gasteiger charge is 2.18. The molecule has 8 heteroatoms. The molecule has 3 aromatic heterocycles. The van der Waals surface area contributed by atoms with Gasteiger partial charge in [-0.1, -0.05) is 17.8 Å². The van der Waals surface area contributed by atoms with E-state index in [0.717, 1.165) is 32.2 Å². The Hall–Kier alpha value is -2.29. The van der Waals surface area contributed by atoms with Gasteiger partial charge in [-0.05, 0) is 48.6 Å². The molecule has 1 aromatic carbocycles. The number of thiophene rings is 1. The first kappa shape index (κ1) is 19.0. The fraction of sp³-hybridized carbons (Fsp3) is 0.200. The van der Waals surface area contributed by atoms with E-state index < -0.39 is 0 Å². The number of carbonyl (C=O) groups excluding carboxylic acids is 1. The first-order valence-electron chi connectivity index (χ1n) is 8.66. The van der Waals surface area contributed by atoms with E-state index in [1.807, 2.05) is 41.9 Å². The molecule has 0 aliphatic carbocycles. The maximum absolute atomic E-state index is 12.3. The van der Waals surface area contributed by atoms with Gasteiger partial charge in [-0.25, -0.2) is 15.0 Å². The molecule has 1 amide bonds. The third-order valence-corrected chi connectivity index (χ3v) is 7.11. The van der Waals surface area contributed by atoms with Crippen LogP contribution in [0, 0.1) is 13.8 Å². The zero-order chi connectivity index (χ0) is 19.7. The van der Waals surface area contributed by atoms with Crippen LogP contribution in [0.25, 0.3) is 10.2 Å². The molecule has 4 aromatic rings. The Balaban J connectivity index is 1.56. The normalized spacial score (nSPS) is 11.1. The second-order valence-corrected chi connectivity index (χ2v) is 9.05. The summed E-state index contributed by atoms with van der Waals surface area (Å²) in [6.45, 7) is 5.68. The summed E-state index contributed by atoms with van der Waals surface area (Å²) in [6, 6.07) is 8.08. The van der Waals surface area contributed by atoms with Crippen LogP contribution in [-0.2, 0) is 10.5 Å². The largest absolute Gasteiger partial charge is 0.274 e. The van der Waals surface area contributed by atoms with Crippen LogP contribution >= 0.6 is 34.4 Å². The Morgan fingerprint density at radius 1 is 1.14 bits per heavy atom. The van der Waals surface area contributed by atoms with Crippen LogP contribution in [0.4, 0.5) is 10.8 Å². The number of hydrogen-bond donors (Lipinski definition) is 0. The third-order valence-electron chi connectivity index (χ3n) is 4.38. The molecule has 0 fully saturated rings. The number of thioether (sulfide) groups is 1. The van der Waals surface area contributed by atoms with Crippen LogP contribution in [0.2, 0.25) is 0 Å². The summed E-state index contributed by atoms with van der Waals surface area (Å²) in [5.74, 6) is 0.643. The second kappa shape index (κ2) is 7.98. The lowest BCUT2D eigenvalue weighted by molar-refractivity contribution is -0.115. The average Bonchev–Trinajstić information content (AvgIpc) is 3.32. The highest BCUT2D eigenvalue weighted by Crippen LogP contribution is 2.33. The van der Waals surface area contributed by atoms with Gasteiger partial charge in [-0.3, -0.25) is 9.69 Å². The summed E-state index contributed by atoms with van der Waals surface area (Å²) in [6.07, 6.45) is 1.60. The summed E-state index contributed by atoms with van der Waals surface area (Å²) < 4.78 is 0. The molecule has 3 heterocycles. The first-order chi connectivity index (χ1) is 13.5. The number of nitrogens with zero attached hydrogens (tertiary/aromatic N) is 4. The van der Waals surface area contributed by atoms with Crippen LogP contribution in [0.15, 0.2) is 46.4 Å². The minimum atomic E-state index is -0.0485. The fourth-order valence-electron chi connectivity index (χ4n) is 2.78. The quantitative estimate of drug-likeness (QED) is 0.301. The minimum absolute atomic E-state index is 0.0485. The Bertz CT molecular complexity index is 1150. The van der Waals surface area contributed by atoms with Crippen molar-refractivity contribution in [3.05, 3.63) is 58.2 Å². The Labute approximate surface area is 175 Å². The number of anilines is 2. The van der Waals surface area contributed by atoms with Crippen LogP contribution in [0.5, 0.6) is 0 Å². The number of hydrogen-bond acceptors (Lipinski definition) is 7. The van der Waals surface area contributed by atoms with Gasteiger partial charge in [0.05, 0.1) is 11.4 Å². The average molecular weight is 427 g/mol. The SMILES string of the molecule is CC(=O)N(c1ccc(C)c(C)c1)c1nc(CSc2ncnc3sccc23)cs1. The van der Waals surface area contributed by atoms with Crippen molar-refractivity contribution in [2.45, 2.75) is 31.6 Å². The van der Waals surface area contributed by atoms with Crippen molar-refractivity contribution in [3.8, 4) is 0 Å². The highest BCUT2D eigenvalue weighted by atomic mass is 32.2. The fourth-order valence-corrected chi connectivity index (χ4v) is 5.45. The molecular formula is C20H18N4OS3. The van der Waals surface area contributed by atoms with Crippen LogP contribution in [0.3, 0.4) is 0 Å². The number of thiazole rings is 1. The number of aryl methyl sites for hydroxylation is 2. The summed E-state index contributed by atoms with van der Waals surface area (Å²) in [7, 11) is 0. The smallest absolute Gasteiger partial charge is 0.230 e. The third kappa shape index (κ3) is 3.80. The Kier molecular flexibility index (Phi) is 5.43. The van der Waals surface area contributed by atoms with Gasteiger partial charge in [0.2, 0.25) is 5.91 Å². The topological polar surface area (TPSA) is 59.0 Å². The number of amides is 1. The molecule has 0 saturated heterocycles. The molecule has 0 radical (unpaired) electrons. The van der Waals surface area contributed by atoms with Gasteiger partial charge in [0, 0.05) is 23.4 Å². The molecule has 142 valence electrons. The van der Waals surface area contributed by atoms with Crippen molar-refractivity contribution in [1.82, 2.24) is 15.0 Å². The Morgan fingerprint density at radius 2 is 2.00 bits per heavy atom. The van der Waals surface area contributed by atoms with Crippen molar-refractivity contribution in [2.75, 3.05) is 4.90 Å². The number of rotatable bonds is 5. The van der Waals surface area contributed by atoms with E-state index in [2.05, 4.69) is 16.9 Å². The van der Waals surface area contributed by atoms with E-state index in [-0.39, 0.29) is 5.91 Å². The second-order valence-electron chi connectivity index (χ2n) is 6.35. The molecule has 0 bridgehead atoms. The molecule has 0 aliphatic rings. The molecule has 0 N–H and O–H groups in total. The summed E-state index contributed by atoms with van der Waals surface area (Å²) in [4.78, 5) is 28.4. The van der Waals surface area contributed by atoms with Crippen molar-refractivity contribution < 1.29 is 4.79 Å². The predicted molar refractivity (Wildman–Crippen MR) is 118 cm³/mol. The molecule has 0 saturated carbocycles. The van der Waals surface area contributed by atoms with Crippen LogP contribution in [-0.4, -0.2) is 20.9 Å². The molecule has 4 rings (SSSR count). The van der Waals surface area contributed by atoms with E-state index >= 15 is 0 Å². The van der Waals surface area contributed by atoms with Gasteiger partial charge in [0.25, 0.3) is 0 Å². The van der Waals surface area contributed by atoms with E-state index in [1.165, 1.54) is 16.9 Å². The van der Waals surface area contributed by atoms with Gasteiger partial charge in [-0.15, -0.1) is 22.7 Å². The van der Waals surface area contributed by atoms with Gasteiger partial charge in [0.1, 0.15) is 16.2 Å². The maximum Gasteiger partial charge on any atom is 0.230 e. The van der Waals surface area contributed by atoms with Crippen LogP contribution < -0.4 is 4.90 Å². The molecular weight excluding hydrogens is 408 g/mol. The highest BCUT2D eigenvalue weighted by molar-refractivity contribution is 7.98. The number of benzene rings is 1. The van der Waals surface area contributed by atoms with E-state index in [0.29, 0.717) is 10.9 Å². The standard InChI is InChI=1S/C20H18N4OS3/c1-12-4-5-16(8-13(12)2)24(14(3)25)20-23-15(10-28-20)9-27-19-17-6-7-26-18(17)21-11-22-19/h4-8,10-11H,9H2,1-3H3. The van der Waals surface area contributed by atoms with Gasteiger partial charge in [0.15, 0.2) is 5.13 Å². The number of aromatic nitrogens is 3. The first-order valence-corrected chi connectivity index (χ1v) is 11.4. The molecule has 28 heavy (non-hydrogen) atoms. The van der Waals surface area contributed by atoms with Crippen molar-refractivity contribution in [2.24, 2.45) is 0 Å². The Morgan fingerprint density at radius 3 is 2.79 bits per heavy atom. The van der Waals surface area contributed by atoms with Crippen molar-refractivity contribution in [3.63, 3.8) is 0 Å². The number of carbonyl (C=O) groups is 1. The van der Waals surface area contributed by atoms with Crippen LogP contribution in [0.1, 0.15) is 23.7 Å². The van der Waals surface area contributed by atoms with E-state index in [4.69, 9.17) is 4.98 Å². The van der Waals surface area contributed by atoms with E-state index in [9.17, 15) is 4.79 Å². The minimum Gasteiger partial charge on any atom is -0.274 e. The van der Waals surface area contributed by atoms with Crippen molar-refractivity contribution >= 4 is 61.4 Å². The monoisotopic (exact) mass is 426 g/mol. The molecule has 5 nitrogen and oxygen atoms in total. The maximum atomic E-state index is 12.3. The molecule has 0 aliphatic heterocycles. The lowest BCUT2D eigenvalue weighted by Gasteiger charge is -2.19. The zero-order valence-corrected chi connectivity index (χ0v) is 18.1. The number of fused-ring (bicyclic) bond motifs is 1. The summed E-state index contributed by atoms with van der Waals surface area (Å²) in [5, 5.41) is 6.76. The molecule has 0 spiro atoms. The van der Waals surface area contributed by atoms with Gasteiger partial charge >= 0.3 is 0 Å². The lowest BCUT2D eigenvalue weighted by atomic mass is 10.1. The van der Waals surface area contributed by atoms with E-state index in [1.54, 1.807) is 41.2 Å². The summed E-state index contributed by atoms with van der Waals surface area (Å²) >= 11 is 4.73. The lowest BCUT2D eigenvalue weighted by Crippen LogP contribution is -2.22. The van der Waals surface area contributed by atoms with Gasteiger partial charge in [-0.2, -0.15) is 0 Å². The zero-order valence-electron chi connectivity index (χ0n) is 15.7. The molecule has 0 unspecified atom stereocenters. The molecule has 0 atom stereocenters. The van der Waals surface area contributed by atoms with Crippen molar-refractivity contribution in [1.29, 1.82) is 0 Å². The summed E-state index contributed by atoms with van der Waals surface area (Å²) in [5.41, 5.74) is 4.13. The van der Waals surface area contributed by atoms with Gasteiger partial charge < -0.3 is 0 Å².